The van der Waals surface area contributed by atoms with Crippen LogP contribution in [0.4, 0.5) is 0 Å². The number of unbranched alkanes of at least 4 members (excludes halogenated alkanes) is 15. The summed E-state index contributed by atoms with van der Waals surface area (Å²) in [4.78, 5) is 0. The minimum absolute atomic E-state index is 1.31. The standard InChI is InChI=1S/C21H42/c1-3-5-7-9-11-13-15-17-19-21-20-18-16-14-12-10-8-6-4-2/h17,19H,3-16,18,20-21H2,1-2H3. The van der Waals surface area contributed by atoms with Gasteiger partial charge >= 0.3 is 0 Å². The third-order valence-electron chi connectivity index (χ3n) is 4.37. The molecule has 0 bridgehead atoms. The molecule has 0 nitrogen and oxygen atoms in total. The van der Waals surface area contributed by atoms with Gasteiger partial charge in [0.1, 0.15) is 0 Å². The lowest BCUT2D eigenvalue weighted by Gasteiger charge is -2.00. The van der Waals surface area contributed by atoms with Gasteiger partial charge in [-0.1, -0.05) is 109 Å². The van der Waals surface area contributed by atoms with Crippen molar-refractivity contribution in [1.82, 2.24) is 0 Å². The fraction of sp³-hybridized carbons (Fsp3) is 0.905. The molecule has 0 amide bonds. The maximum atomic E-state index is 2.42. The van der Waals surface area contributed by atoms with E-state index < -0.39 is 0 Å². The molecule has 0 aliphatic carbocycles. The molecule has 0 aromatic heterocycles. The van der Waals surface area contributed by atoms with Crippen molar-refractivity contribution in [3.63, 3.8) is 0 Å². The summed E-state index contributed by atoms with van der Waals surface area (Å²) in [6.45, 7) is 4.58. The van der Waals surface area contributed by atoms with Crippen molar-refractivity contribution in [3.8, 4) is 0 Å². The van der Waals surface area contributed by atoms with E-state index in [1.54, 1.807) is 0 Å². The minimum atomic E-state index is 1.31. The molecule has 0 spiro atoms. The van der Waals surface area contributed by atoms with Crippen molar-refractivity contribution in [1.29, 1.82) is 0 Å². The molecule has 0 aliphatic rings. The highest BCUT2D eigenvalue weighted by molar-refractivity contribution is 4.81. The lowest BCUT2D eigenvalue weighted by atomic mass is 10.1. The summed E-state index contributed by atoms with van der Waals surface area (Å²) >= 11 is 0. The van der Waals surface area contributed by atoms with Gasteiger partial charge in [-0.05, 0) is 25.7 Å². The first-order chi connectivity index (χ1) is 10.4. The van der Waals surface area contributed by atoms with Crippen LogP contribution in [0.3, 0.4) is 0 Å². The van der Waals surface area contributed by atoms with Gasteiger partial charge in [0.25, 0.3) is 0 Å². The second-order valence-corrected chi connectivity index (χ2v) is 6.64. The van der Waals surface area contributed by atoms with Crippen molar-refractivity contribution >= 4 is 0 Å². The van der Waals surface area contributed by atoms with Crippen LogP contribution in [0, 0.1) is 0 Å². The summed E-state index contributed by atoms with van der Waals surface area (Å²) in [6, 6.07) is 0. The van der Waals surface area contributed by atoms with Crippen LogP contribution >= 0.6 is 0 Å². The average Bonchev–Trinajstić information content (AvgIpc) is 2.50. The molecule has 0 atom stereocenters. The SMILES string of the molecule is CCCCCCCCC=CCCCCCCCCCCC. The third kappa shape index (κ3) is 19.7. The smallest absolute Gasteiger partial charge is 0.0351 e. The van der Waals surface area contributed by atoms with Crippen LogP contribution in [0.2, 0.25) is 0 Å². The Morgan fingerprint density at radius 1 is 0.381 bits per heavy atom. The molecule has 0 heteroatoms. The molecule has 21 heavy (non-hydrogen) atoms. The van der Waals surface area contributed by atoms with Crippen LogP contribution in [-0.4, -0.2) is 0 Å². The van der Waals surface area contributed by atoms with E-state index in [4.69, 9.17) is 0 Å². The zero-order valence-corrected chi connectivity index (χ0v) is 15.2. The second-order valence-electron chi connectivity index (χ2n) is 6.64. The molecule has 0 rings (SSSR count). The molecule has 0 N–H and O–H groups in total. The molecule has 0 unspecified atom stereocenters. The first-order valence-corrected chi connectivity index (χ1v) is 10.1. The molecule has 0 heterocycles. The highest BCUT2D eigenvalue weighted by Gasteiger charge is 1.91. The zero-order chi connectivity index (χ0) is 15.4. The highest BCUT2D eigenvalue weighted by Crippen LogP contribution is 2.11. The lowest BCUT2D eigenvalue weighted by molar-refractivity contribution is 0.566. The first kappa shape index (κ1) is 20.7. The number of rotatable bonds is 17. The van der Waals surface area contributed by atoms with E-state index >= 15 is 0 Å². The quantitative estimate of drug-likeness (QED) is 0.187. The Labute approximate surface area is 135 Å². The Morgan fingerprint density at radius 3 is 1.00 bits per heavy atom. The Bertz CT molecular complexity index is 192. The van der Waals surface area contributed by atoms with Gasteiger partial charge in [-0.2, -0.15) is 0 Å². The normalized spacial score (nSPS) is 11.5. The predicted octanol–water partition coefficient (Wildman–Crippen LogP) is 8.21. The van der Waals surface area contributed by atoms with Gasteiger partial charge in [-0.15, -0.1) is 0 Å². The number of hydrogen-bond donors (Lipinski definition) is 0. The van der Waals surface area contributed by atoms with E-state index in [0.29, 0.717) is 0 Å². The van der Waals surface area contributed by atoms with E-state index in [1.165, 1.54) is 109 Å². The van der Waals surface area contributed by atoms with E-state index in [0.717, 1.165) is 0 Å². The Kier molecular flexibility index (Phi) is 19.5. The molecule has 0 saturated carbocycles. The van der Waals surface area contributed by atoms with Crippen LogP contribution in [0.1, 0.15) is 123 Å². The molecule has 0 aromatic carbocycles. The van der Waals surface area contributed by atoms with Crippen LogP contribution < -0.4 is 0 Å². The fourth-order valence-electron chi connectivity index (χ4n) is 2.85. The summed E-state index contributed by atoms with van der Waals surface area (Å²) < 4.78 is 0. The third-order valence-corrected chi connectivity index (χ3v) is 4.37. The van der Waals surface area contributed by atoms with Gasteiger partial charge in [0.15, 0.2) is 0 Å². The van der Waals surface area contributed by atoms with Gasteiger partial charge in [0, 0.05) is 0 Å². The highest BCUT2D eigenvalue weighted by atomic mass is 14.0. The largest absolute Gasteiger partial charge is 0.0885 e. The van der Waals surface area contributed by atoms with E-state index in [9.17, 15) is 0 Å². The maximum Gasteiger partial charge on any atom is -0.0351 e. The molecular weight excluding hydrogens is 252 g/mol. The van der Waals surface area contributed by atoms with Gasteiger partial charge in [-0.3, -0.25) is 0 Å². The molecule has 0 aliphatic heterocycles. The first-order valence-electron chi connectivity index (χ1n) is 10.1. The van der Waals surface area contributed by atoms with E-state index in [2.05, 4.69) is 26.0 Å². The van der Waals surface area contributed by atoms with Gasteiger partial charge in [-0.25, -0.2) is 0 Å². The van der Waals surface area contributed by atoms with Crippen molar-refractivity contribution in [2.45, 2.75) is 123 Å². The van der Waals surface area contributed by atoms with Crippen molar-refractivity contribution < 1.29 is 0 Å². The van der Waals surface area contributed by atoms with Crippen molar-refractivity contribution in [2.75, 3.05) is 0 Å². The molecule has 0 saturated heterocycles. The Morgan fingerprint density at radius 2 is 0.667 bits per heavy atom. The van der Waals surface area contributed by atoms with Crippen LogP contribution in [0.5, 0.6) is 0 Å². The molecule has 0 fully saturated rings. The predicted molar refractivity (Wildman–Crippen MR) is 99.0 cm³/mol. The number of allylic oxidation sites excluding steroid dienone is 2. The molecule has 0 radical (unpaired) electrons. The topological polar surface area (TPSA) is 0 Å². The molecule has 126 valence electrons. The summed E-state index contributed by atoms with van der Waals surface area (Å²) in [5, 5.41) is 0. The van der Waals surface area contributed by atoms with Crippen LogP contribution in [0.15, 0.2) is 12.2 Å². The zero-order valence-electron chi connectivity index (χ0n) is 15.2. The summed E-state index contributed by atoms with van der Waals surface area (Å²) in [5.74, 6) is 0. The molecular formula is C21H42. The van der Waals surface area contributed by atoms with Crippen molar-refractivity contribution in [3.05, 3.63) is 12.2 Å². The average molecular weight is 295 g/mol. The van der Waals surface area contributed by atoms with E-state index in [1.807, 2.05) is 0 Å². The Balaban J connectivity index is 3.02. The van der Waals surface area contributed by atoms with Gasteiger partial charge < -0.3 is 0 Å². The van der Waals surface area contributed by atoms with Crippen LogP contribution in [-0.2, 0) is 0 Å². The summed E-state index contributed by atoms with van der Waals surface area (Å²) in [5.41, 5.74) is 0. The van der Waals surface area contributed by atoms with E-state index in [-0.39, 0.29) is 0 Å². The second kappa shape index (κ2) is 19.7. The Hall–Kier alpha value is -0.260. The monoisotopic (exact) mass is 294 g/mol. The number of hydrogen-bond acceptors (Lipinski definition) is 0. The van der Waals surface area contributed by atoms with Gasteiger partial charge in [0.05, 0.1) is 0 Å². The molecule has 0 aromatic rings. The van der Waals surface area contributed by atoms with Crippen LogP contribution in [0.25, 0.3) is 0 Å². The summed E-state index contributed by atoms with van der Waals surface area (Å²) in [6.07, 6.45) is 28.9. The lowest BCUT2D eigenvalue weighted by Crippen LogP contribution is -1.81. The minimum Gasteiger partial charge on any atom is -0.0885 e. The van der Waals surface area contributed by atoms with Crippen molar-refractivity contribution in [2.24, 2.45) is 0 Å². The maximum absolute atomic E-state index is 2.42. The van der Waals surface area contributed by atoms with Gasteiger partial charge in [0.2, 0.25) is 0 Å². The summed E-state index contributed by atoms with van der Waals surface area (Å²) in [7, 11) is 0. The fourth-order valence-corrected chi connectivity index (χ4v) is 2.85.